The zero-order valence-electron chi connectivity index (χ0n) is 10.1. The zero-order chi connectivity index (χ0) is 10.8. The molecule has 0 saturated carbocycles. The molecule has 0 spiro atoms. The van der Waals surface area contributed by atoms with Gasteiger partial charge in [-0.3, -0.25) is 0 Å². The molecule has 1 atom stereocenters. The van der Waals surface area contributed by atoms with Crippen LogP contribution in [-0.2, 0) is 0 Å². The summed E-state index contributed by atoms with van der Waals surface area (Å²) in [6, 6.07) is 0. The molecule has 1 nitrogen and oxygen atoms in total. The van der Waals surface area contributed by atoms with Crippen LogP contribution < -0.4 is 0 Å². The molecule has 0 aliphatic heterocycles. The largest absolute Gasteiger partial charge is 0.393 e. The van der Waals surface area contributed by atoms with Crippen molar-refractivity contribution in [3.63, 3.8) is 0 Å². The first-order valence-corrected chi connectivity index (χ1v) is 5.80. The molecule has 82 valence electrons. The standard InChI is InChI=1S/C13H24O/c1-10-6-5-9-13(3,4)12(10)8-7-11(2)14/h11,14H,5-9H2,1-4H3. The van der Waals surface area contributed by atoms with Crippen LogP contribution in [0.15, 0.2) is 11.1 Å². The molecular formula is C13H24O. The van der Waals surface area contributed by atoms with E-state index in [-0.39, 0.29) is 6.10 Å². The van der Waals surface area contributed by atoms with E-state index in [1.807, 2.05) is 6.92 Å². The minimum atomic E-state index is -0.159. The summed E-state index contributed by atoms with van der Waals surface area (Å²) in [4.78, 5) is 0. The van der Waals surface area contributed by atoms with E-state index in [2.05, 4.69) is 20.8 Å². The number of rotatable bonds is 3. The molecule has 0 aromatic rings. The lowest BCUT2D eigenvalue weighted by atomic mass is 9.71. The highest BCUT2D eigenvalue weighted by Gasteiger charge is 2.27. The van der Waals surface area contributed by atoms with Crippen LogP contribution in [0.2, 0.25) is 0 Å². The van der Waals surface area contributed by atoms with Gasteiger partial charge in [0, 0.05) is 0 Å². The topological polar surface area (TPSA) is 20.2 Å². The van der Waals surface area contributed by atoms with Crippen LogP contribution in [-0.4, -0.2) is 11.2 Å². The summed E-state index contributed by atoms with van der Waals surface area (Å²) in [6.07, 6.45) is 5.73. The maximum atomic E-state index is 9.32. The molecule has 1 rings (SSSR count). The van der Waals surface area contributed by atoms with Gasteiger partial charge in [0.2, 0.25) is 0 Å². The Labute approximate surface area is 88.2 Å². The summed E-state index contributed by atoms with van der Waals surface area (Å²) in [5.41, 5.74) is 3.54. The lowest BCUT2D eigenvalue weighted by Gasteiger charge is -2.35. The van der Waals surface area contributed by atoms with Crippen LogP contribution in [0.3, 0.4) is 0 Å². The third-order valence-electron chi connectivity index (χ3n) is 3.50. The highest BCUT2D eigenvalue weighted by molar-refractivity contribution is 5.22. The summed E-state index contributed by atoms with van der Waals surface area (Å²) in [7, 11) is 0. The summed E-state index contributed by atoms with van der Waals surface area (Å²) in [6.45, 7) is 8.82. The molecule has 1 heteroatoms. The number of hydrogen-bond acceptors (Lipinski definition) is 1. The third-order valence-corrected chi connectivity index (χ3v) is 3.50. The summed E-state index contributed by atoms with van der Waals surface area (Å²) < 4.78 is 0. The summed E-state index contributed by atoms with van der Waals surface area (Å²) >= 11 is 0. The van der Waals surface area contributed by atoms with Gasteiger partial charge in [-0.15, -0.1) is 0 Å². The van der Waals surface area contributed by atoms with Crippen molar-refractivity contribution in [3.8, 4) is 0 Å². The lowest BCUT2D eigenvalue weighted by Crippen LogP contribution is -2.21. The van der Waals surface area contributed by atoms with Gasteiger partial charge in [-0.2, -0.15) is 0 Å². The van der Waals surface area contributed by atoms with E-state index in [1.165, 1.54) is 19.3 Å². The molecule has 0 heterocycles. The van der Waals surface area contributed by atoms with E-state index < -0.39 is 0 Å². The van der Waals surface area contributed by atoms with E-state index in [4.69, 9.17) is 0 Å². The minimum Gasteiger partial charge on any atom is -0.393 e. The third kappa shape index (κ3) is 2.84. The number of aliphatic hydroxyl groups excluding tert-OH is 1. The van der Waals surface area contributed by atoms with Gasteiger partial charge in [-0.05, 0) is 51.4 Å². The van der Waals surface area contributed by atoms with Crippen molar-refractivity contribution in [3.05, 3.63) is 11.1 Å². The van der Waals surface area contributed by atoms with Gasteiger partial charge >= 0.3 is 0 Å². The Morgan fingerprint density at radius 3 is 2.57 bits per heavy atom. The van der Waals surface area contributed by atoms with Crippen LogP contribution >= 0.6 is 0 Å². The van der Waals surface area contributed by atoms with E-state index >= 15 is 0 Å². The van der Waals surface area contributed by atoms with Gasteiger partial charge < -0.3 is 5.11 Å². The van der Waals surface area contributed by atoms with Crippen LogP contribution in [0.1, 0.15) is 59.8 Å². The second kappa shape index (κ2) is 4.48. The number of allylic oxidation sites excluding steroid dienone is 2. The molecule has 0 amide bonds. The van der Waals surface area contributed by atoms with Crippen molar-refractivity contribution in [1.82, 2.24) is 0 Å². The van der Waals surface area contributed by atoms with E-state index in [0.29, 0.717) is 5.41 Å². The van der Waals surface area contributed by atoms with E-state index in [1.54, 1.807) is 11.1 Å². The Bertz CT molecular complexity index is 223. The second-order valence-electron chi connectivity index (χ2n) is 5.38. The summed E-state index contributed by atoms with van der Waals surface area (Å²) in [5.74, 6) is 0. The first kappa shape index (κ1) is 11.8. The highest BCUT2D eigenvalue weighted by Crippen LogP contribution is 2.42. The molecule has 1 aliphatic carbocycles. The van der Waals surface area contributed by atoms with Crippen molar-refractivity contribution in [1.29, 1.82) is 0 Å². The highest BCUT2D eigenvalue weighted by atomic mass is 16.3. The normalized spacial score (nSPS) is 23.8. The first-order chi connectivity index (χ1) is 6.43. The fraction of sp³-hybridized carbons (Fsp3) is 0.846. The molecule has 0 saturated heterocycles. The van der Waals surface area contributed by atoms with Gasteiger partial charge in [0.05, 0.1) is 6.10 Å². The van der Waals surface area contributed by atoms with E-state index in [0.717, 1.165) is 12.8 Å². The lowest BCUT2D eigenvalue weighted by molar-refractivity contribution is 0.181. The van der Waals surface area contributed by atoms with E-state index in [9.17, 15) is 5.11 Å². The van der Waals surface area contributed by atoms with Crippen LogP contribution in [0.4, 0.5) is 0 Å². The first-order valence-electron chi connectivity index (χ1n) is 5.80. The quantitative estimate of drug-likeness (QED) is 0.683. The minimum absolute atomic E-state index is 0.159. The zero-order valence-corrected chi connectivity index (χ0v) is 10.1. The molecule has 0 aromatic carbocycles. The maximum absolute atomic E-state index is 9.32. The van der Waals surface area contributed by atoms with Crippen LogP contribution in [0, 0.1) is 5.41 Å². The molecule has 0 radical (unpaired) electrons. The average Bonchev–Trinajstić information content (AvgIpc) is 2.01. The van der Waals surface area contributed by atoms with Gasteiger partial charge in [-0.25, -0.2) is 0 Å². The Morgan fingerprint density at radius 2 is 2.07 bits per heavy atom. The van der Waals surface area contributed by atoms with Gasteiger partial charge in [-0.1, -0.05) is 25.0 Å². The Kier molecular flexibility index (Phi) is 3.77. The Hall–Kier alpha value is -0.300. The SMILES string of the molecule is CC1=C(CCC(C)O)C(C)(C)CCC1. The summed E-state index contributed by atoms with van der Waals surface area (Å²) in [5, 5.41) is 9.32. The Balaban J connectivity index is 2.70. The number of hydrogen-bond donors (Lipinski definition) is 1. The molecular weight excluding hydrogens is 172 g/mol. The van der Waals surface area contributed by atoms with Crippen LogP contribution in [0.5, 0.6) is 0 Å². The monoisotopic (exact) mass is 196 g/mol. The van der Waals surface area contributed by atoms with Crippen molar-refractivity contribution >= 4 is 0 Å². The second-order valence-corrected chi connectivity index (χ2v) is 5.38. The molecule has 0 aromatic heterocycles. The van der Waals surface area contributed by atoms with Crippen LogP contribution in [0.25, 0.3) is 0 Å². The van der Waals surface area contributed by atoms with Gasteiger partial charge in [0.15, 0.2) is 0 Å². The van der Waals surface area contributed by atoms with Crippen molar-refractivity contribution in [2.24, 2.45) is 5.41 Å². The predicted molar refractivity (Wildman–Crippen MR) is 61.2 cm³/mol. The molecule has 1 unspecified atom stereocenters. The smallest absolute Gasteiger partial charge is 0.0515 e. The van der Waals surface area contributed by atoms with Crippen molar-refractivity contribution in [2.75, 3.05) is 0 Å². The van der Waals surface area contributed by atoms with Gasteiger partial charge in [0.25, 0.3) is 0 Å². The average molecular weight is 196 g/mol. The van der Waals surface area contributed by atoms with Gasteiger partial charge in [0.1, 0.15) is 0 Å². The fourth-order valence-electron chi connectivity index (χ4n) is 2.58. The van der Waals surface area contributed by atoms with Crippen molar-refractivity contribution in [2.45, 2.75) is 65.9 Å². The molecule has 1 aliphatic rings. The molecule has 14 heavy (non-hydrogen) atoms. The molecule has 0 bridgehead atoms. The fourth-order valence-corrected chi connectivity index (χ4v) is 2.58. The molecule has 1 N–H and O–H groups in total. The Morgan fingerprint density at radius 1 is 1.43 bits per heavy atom. The number of aliphatic hydroxyl groups is 1. The maximum Gasteiger partial charge on any atom is 0.0515 e. The predicted octanol–water partition coefficient (Wildman–Crippen LogP) is 3.67. The molecule has 0 fully saturated rings. The van der Waals surface area contributed by atoms with Crippen molar-refractivity contribution < 1.29 is 5.11 Å².